The Morgan fingerprint density at radius 2 is 2.05 bits per heavy atom. The first-order valence-corrected chi connectivity index (χ1v) is 7.03. The molecule has 0 radical (unpaired) electrons. The molecule has 0 spiro atoms. The highest BCUT2D eigenvalue weighted by Gasteiger charge is 2.17. The van der Waals surface area contributed by atoms with Crippen LogP contribution in [0.2, 0.25) is 0 Å². The maximum Gasteiger partial charge on any atom is 0.327 e. The number of rotatable bonds is 8. The predicted molar refractivity (Wildman–Crippen MR) is 77.8 cm³/mol. The Hall–Kier alpha value is -2.02. The van der Waals surface area contributed by atoms with E-state index in [1.165, 1.54) is 16.7 Å². The van der Waals surface area contributed by atoms with Crippen LogP contribution in [0.4, 0.5) is 5.69 Å². The summed E-state index contributed by atoms with van der Waals surface area (Å²) in [4.78, 5) is 34.5. The molecule has 0 aromatic heterocycles. The van der Waals surface area contributed by atoms with E-state index in [9.17, 15) is 14.4 Å². The molecule has 2 N–H and O–H groups in total. The molecule has 0 fully saturated rings. The van der Waals surface area contributed by atoms with Crippen molar-refractivity contribution in [1.82, 2.24) is 5.32 Å². The van der Waals surface area contributed by atoms with Crippen molar-refractivity contribution in [2.75, 3.05) is 23.5 Å². The quantitative estimate of drug-likeness (QED) is 0.685. The summed E-state index contributed by atoms with van der Waals surface area (Å²) >= 11 is 1.17. The summed E-state index contributed by atoms with van der Waals surface area (Å²) in [7, 11) is 1.66. The summed E-state index contributed by atoms with van der Waals surface area (Å²) in [5.41, 5.74) is 0.777. The van der Waals surface area contributed by atoms with Crippen molar-refractivity contribution >= 4 is 35.7 Å². The molecular weight excluding hydrogens is 280 g/mol. The fourth-order valence-corrected chi connectivity index (χ4v) is 2.39. The zero-order valence-corrected chi connectivity index (χ0v) is 11.8. The van der Waals surface area contributed by atoms with Crippen molar-refractivity contribution in [1.29, 1.82) is 0 Å². The van der Waals surface area contributed by atoms with E-state index in [1.54, 1.807) is 7.05 Å². The van der Waals surface area contributed by atoms with Gasteiger partial charge in [0, 0.05) is 18.5 Å². The fourth-order valence-electron chi connectivity index (χ4n) is 1.43. The van der Waals surface area contributed by atoms with E-state index < -0.39 is 12.0 Å². The maximum absolute atomic E-state index is 11.9. The molecule has 6 nitrogen and oxygen atoms in total. The Labute approximate surface area is 121 Å². The summed E-state index contributed by atoms with van der Waals surface area (Å²) in [5, 5.41) is 11.0. The minimum atomic E-state index is -1.12. The third-order valence-corrected chi connectivity index (χ3v) is 3.62. The van der Waals surface area contributed by atoms with Crippen LogP contribution in [0.5, 0.6) is 0 Å². The van der Waals surface area contributed by atoms with Gasteiger partial charge < -0.3 is 15.3 Å². The third kappa shape index (κ3) is 4.93. The smallest absolute Gasteiger partial charge is 0.327 e. The minimum absolute atomic E-state index is 0.128. The number of nitrogens with zero attached hydrogens (tertiary/aromatic N) is 1. The zero-order valence-electron chi connectivity index (χ0n) is 11.0. The van der Waals surface area contributed by atoms with Gasteiger partial charge in [0.1, 0.15) is 6.04 Å². The van der Waals surface area contributed by atoms with Gasteiger partial charge in [-0.15, -0.1) is 11.8 Å². The lowest BCUT2D eigenvalue weighted by atomic mass is 10.3. The van der Waals surface area contributed by atoms with Crippen LogP contribution in [0, 0.1) is 0 Å². The van der Waals surface area contributed by atoms with Gasteiger partial charge >= 0.3 is 5.97 Å². The number of thioether (sulfide) groups is 1. The molecule has 2 amide bonds. The molecule has 0 aliphatic heterocycles. The number of carboxylic acids is 1. The highest BCUT2D eigenvalue weighted by atomic mass is 32.2. The Morgan fingerprint density at radius 3 is 2.60 bits per heavy atom. The highest BCUT2D eigenvalue weighted by molar-refractivity contribution is 8.00. The molecular formula is C13H16N2O4S. The summed E-state index contributed by atoms with van der Waals surface area (Å²) < 4.78 is 0. The Morgan fingerprint density at radius 1 is 1.40 bits per heavy atom. The molecule has 0 aliphatic rings. The second kappa shape index (κ2) is 8.21. The lowest BCUT2D eigenvalue weighted by Crippen LogP contribution is -2.38. The fraction of sp³-hybridized carbons (Fsp3) is 0.308. The standard InChI is InChI=1S/C13H16N2O4S/c1-15(10-5-3-2-4-6-10)12(17)8-20-7-11(13(18)19)14-9-16/h2-6,9,11H,7-8H2,1H3,(H,14,16)(H,18,19). The monoisotopic (exact) mass is 296 g/mol. The topological polar surface area (TPSA) is 86.7 Å². The molecule has 0 saturated carbocycles. The summed E-state index contributed by atoms with van der Waals surface area (Å²) in [6.07, 6.45) is 0.345. The second-order valence-electron chi connectivity index (χ2n) is 3.98. The van der Waals surface area contributed by atoms with Crippen LogP contribution in [0.15, 0.2) is 30.3 Å². The van der Waals surface area contributed by atoms with Crippen LogP contribution < -0.4 is 10.2 Å². The molecule has 1 rings (SSSR count). The van der Waals surface area contributed by atoms with Gasteiger partial charge in [0.05, 0.1) is 5.75 Å². The molecule has 1 aromatic carbocycles. The maximum atomic E-state index is 11.9. The van der Waals surface area contributed by atoms with Crippen molar-refractivity contribution in [3.8, 4) is 0 Å². The average molecular weight is 296 g/mol. The van der Waals surface area contributed by atoms with E-state index in [-0.39, 0.29) is 17.4 Å². The summed E-state index contributed by atoms with van der Waals surface area (Å²) in [6, 6.07) is 8.18. The molecule has 0 bridgehead atoms. The van der Waals surface area contributed by atoms with Gasteiger partial charge in [-0.25, -0.2) is 4.79 Å². The minimum Gasteiger partial charge on any atom is -0.480 e. The number of hydrogen-bond acceptors (Lipinski definition) is 4. The second-order valence-corrected chi connectivity index (χ2v) is 5.01. The average Bonchev–Trinajstić information content (AvgIpc) is 2.46. The zero-order chi connectivity index (χ0) is 15.0. The Kier molecular flexibility index (Phi) is 6.58. The molecule has 1 aromatic rings. The predicted octanol–water partition coefficient (Wildman–Crippen LogP) is 0.582. The lowest BCUT2D eigenvalue weighted by molar-refractivity contribution is -0.139. The molecule has 0 heterocycles. The first kappa shape index (κ1) is 16.0. The van der Waals surface area contributed by atoms with E-state index in [0.717, 1.165) is 5.69 Å². The highest BCUT2D eigenvalue weighted by Crippen LogP contribution is 2.13. The first-order chi connectivity index (χ1) is 9.56. The van der Waals surface area contributed by atoms with Crippen molar-refractivity contribution in [2.24, 2.45) is 0 Å². The van der Waals surface area contributed by atoms with Crippen molar-refractivity contribution in [3.63, 3.8) is 0 Å². The number of hydrogen-bond donors (Lipinski definition) is 2. The van der Waals surface area contributed by atoms with Crippen molar-refractivity contribution < 1.29 is 19.5 Å². The van der Waals surface area contributed by atoms with Crippen molar-refractivity contribution in [2.45, 2.75) is 6.04 Å². The number of amides is 2. The van der Waals surface area contributed by atoms with Crippen LogP contribution in [-0.2, 0) is 14.4 Å². The van der Waals surface area contributed by atoms with E-state index in [1.807, 2.05) is 30.3 Å². The summed E-state index contributed by atoms with van der Waals surface area (Å²) in [6.45, 7) is 0. The van der Waals surface area contributed by atoms with E-state index in [4.69, 9.17) is 5.11 Å². The SMILES string of the molecule is CN(C(=O)CSCC(NC=O)C(=O)O)c1ccccc1. The van der Waals surface area contributed by atoms with E-state index >= 15 is 0 Å². The molecule has 7 heteroatoms. The first-order valence-electron chi connectivity index (χ1n) is 5.88. The molecule has 1 unspecified atom stereocenters. The number of carbonyl (C=O) groups excluding carboxylic acids is 2. The molecule has 0 aliphatic carbocycles. The number of nitrogens with one attached hydrogen (secondary N) is 1. The molecule has 20 heavy (non-hydrogen) atoms. The van der Waals surface area contributed by atoms with Gasteiger partial charge in [-0.2, -0.15) is 0 Å². The van der Waals surface area contributed by atoms with Gasteiger partial charge in [0.25, 0.3) is 0 Å². The number of para-hydroxylation sites is 1. The number of anilines is 1. The van der Waals surface area contributed by atoms with Crippen LogP contribution in [0.25, 0.3) is 0 Å². The van der Waals surface area contributed by atoms with Gasteiger partial charge in [-0.1, -0.05) is 18.2 Å². The van der Waals surface area contributed by atoms with Crippen LogP contribution >= 0.6 is 11.8 Å². The number of aliphatic carboxylic acids is 1. The van der Waals surface area contributed by atoms with Gasteiger partial charge in [-0.05, 0) is 12.1 Å². The third-order valence-electron chi connectivity index (χ3n) is 2.59. The van der Waals surface area contributed by atoms with Gasteiger partial charge in [0.2, 0.25) is 12.3 Å². The van der Waals surface area contributed by atoms with Crippen LogP contribution in [0.1, 0.15) is 0 Å². The Balaban J connectivity index is 2.43. The van der Waals surface area contributed by atoms with Crippen LogP contribution in [0.3, 0.4) is 0 Å². The molecule has 0 saturated heterocycles. The molecule has 108 valence electrons. The Bertz CT molecular complexity index is 467. The van der Waals surface area contributed by atoms with E-state index in [0.29, 0.717) is 6.41 Å². The number of benzene rings is 1. The van der Waals surface area contributed by atoms with Crippen molar-refractivity contribution in [3.05, 3.63) is 30.3 Å². The van der Waals surface area contributed by atoms with Gasteiger partial charge in [0.15, 0.2) is 0 Å². The van der Waals surface area contributed by atoms with Gasteiger partial charge in [-0.3, -0.25) is 9.59 Å². The number of carbonyl (C=O) groups is 3. The number of carboxylic acid groups (broad SMARTS) is 1. The van der Waals surface area contributed by atoms with Crippen LogP contribution in [-0.4, -0.2) is 48.0 Å². The largest absolute Gasteiger partial charge is 0.480 e. The lowest BCUT2D eigenvalue weighted by Gasteiger charge is -2.17. The summed E-state index contributed by atoms with van der Waals surface area (Å²) in [5.74, 6) is -0.956. The normalized spacial score (nSPS) is 11.4. The van der Waals surface area contributed by atoms with E-state index in [2.05, 4.69) is 5.32 Å². The molecule has 1 atom stereocenters.